The van der Waals surface area contributed by atoms with Crippen molar-refractivity contribution in [2.24, 2.45) is 0 Å². The smallest absolute Gasteiger partial charge is 0.113 e. The maximum absolute atomic E-state index is 12.3. The Bertz CT molecular complexity index is 1100. The van der Waals surface area contributed by atoms with Gasteiger partial charge in [0.2, 0.25) is 0 Å². The molecule has 4 rings (SSSR count). The molecule has 0 N–H and O–H groups in total. The summed E-state index contributed by atoms with van der Waals surface area (Å²) in [6, 6.07) is 23.3. The summed E-state index contributed by atoms with van der Waals surface area (Å²) in [4.78, 5) is 24.5. The van der Waals surface area contributed by atoms with E-state index in [1.807, 2.05) is 76.2 Å². The van der Waals surface area contributed by atoms with Gasteiger partial charge in [0.25, 0.3) is 0 Å². The average Bonchev–Trinajstić information content (AvgIpc) is 3.41. The molecule has 0 unspecified atom stereocenters. The maximum Gasteiger partial charge on any atom is 0.113 e. The van der Waals surface area contributed by atoms with E-state index in [1.165, 1.54) is 11.1 Å². The number of carbonyl (C=O) groups is 2. The second-order valence-electron chi connectivity index (χ2n) is 8.55. The Labute approximate surface area is 207 Å². The van der Waals surface area contributed by atoms with E-state index < -0.39 is 0 Å². The van der Waals surface area contributed by atoms with E-state index in [0.29, 0.717) is 0 Å². The van der Waals surface area contributed by atoms with Crippen molar-refractivity contribution >= 4 is 11.6 Å². The van der Waals surface area contributed by atoms with Gasteiger partial charge >= 0.3 is 0 Å². The molecule has 0 aliphatic rings. The van der Waals surface area contributed by atoms with Crippen molar-refractivity contribution in [2.75, 3.05) is 0 Å². The summed E-state index contributed by atoms with van der Waals surface area (Å²) in [5, 5.41) is 0. The molecule has 0 heterocycles. The van der Waals surface area contributed by atoms with Crippen molar-refractivity contribution in [2.45, 2.75) is 41.5 Å². The summed E-state index contributed by atoms with van der Waals surface area (Å²) in [6.07, 6.45) is 0. The van der Waals surface area contributed by atoms with Crippen LogP contribution in [0.1, 0.15) is 65.2 Å². The molecular formula is C30H30FeO2-6. The molecule has 0 bridgehead atoms. The van der Waals surface area contributed by atoms with Gasteiger partial charge in [0.05, 0.1) is 0 Å². The third kappa shape index (κ3) is 6.07. The molecule has 2 nitrogen and oxygen atoms in total. The van der Waals surface area contributed by atoms with Crippen LogP contribution < -0.4 is 0 Å². The summed E-state index contributed by atoms with van der Waals surface area (Å²) in [6.45, 7) is 12.1. The minimum atomic E-state index is 0. The Hall–Kier alpha value is -3.00. The number of ketones is 2. The van der Waals surface area contributed by atoms with Crippen LogP contribution in [-0.2, 0) is 17.1 Å². The van der Waals surface area contributed by atoms with Crippen LogP contribution in [0.4, 0.5) is 0 Å². The second-order valence-corrected chi connectivity index (χ2v) is 8.55. The van der Waals surface area contributed by atoms with Crippen molar-refractivity contribution in [3.63, 3.8) is 0 Å². The number of aryl methyl sites for hydroxylation is 6. The molecule has 4 aromatic rings. The predicted octanol–water partition coefficient (Wildman–Crippen LogP) is 7.12. The van der Waals surface area contributed by atoms with Gasteiger partial charge in [-0.05, 0) is 33.3 Å². The van der Waals surface area contributed by atoms with Crippen LogP contribution in [0.25, 0.3) is 0 Å². The summed E-state index contributed by atoms with van der Waals surface area (Å²) in [5.74, 6) is 0.250. The maximum atomic E-state index is 12.3. The fourth-order valence-corrected chi connectivity index (χ4v) is 4.42. The summed E-state index contributed by atoms with van der Waals surface area (Å²) in [5.41, 5.74) is 9.88. The van der Waals surface area contributed by atoms with Crippen LogP contribution in [0.3, 0.4) is 0 Å². The molecule has 0 saturated carbocycles. The molecule has 0 atom stereocenters. The standard InChI is InChI=1S/2C15H15O.Fe/c2*1-10-8-11(2)14(12(3)9-10)15(16)13-6-4-5-7-13;/h2*4-9H,1-3H3;/q-5;-1;. The van der Waals surface area contributed by atoms with E-state index in [4.69, 9.17) is 0 Å². The second kappa shape index (κ2) is 11.2. The summed E-state index contributed by atoms with van der Waals surface area (Å²) >= 11 is 0. The SMILES string of the molecule is Cc1cc(C)c(C(=O)[c-]2[cH-][cH-][cH-][cH-]2)c(C)c1.Cc1cc(C)c(C(=O)[c-]2cccc2)c(C)c1.[Fe]. The number of benzene rings is 2. The first-order valence-electron chi connectivity index (χ1n) is 10.9. The van der Waals surface area contributed by atoms with Gasteiger partial charge in [-0.2, -0.15) is 23.3 Å². The molecule has 0 aliphatic heterocycles. The normalized spacial score (nSPS) is 10.1. The molecule has 3 heteroatoms. The first-order valence-corrected chi connectivity index (χ1v) is 10.9. The van der Waals surface area contributed by atoms with Crippen LogP contribution in [0.15, 0.2) is 72.8 Å². The van der Waals surface area contributed by atoms with Crippen LogP contribution in [0.5, 0.6) is 0 Å². The molecule has 0 aliphatic carbocycles. The Morgan fingerprint density at radius 1 is 0.636 bits per heavy atom. The fraction of sp³-hybridized carbons (Fsp3) is 0.200. The average molecular weight is 478 g/mol. The molecule has 0 saturated heterocycles. The molecule has 33 heavy (non-hydrogen) atoms. The Morgan fingerprint density at radius 2 is 1.00 bits per heavy atom. The molecular weight excluding hydrogens is 448 g/mol. The van der Waals surface area contributed by atoms with Gasteiger partial charge in [0.15, 0.2) is 0 Å². The van der Waals surface area contributed by atoms with Crippen molar-refractivity contribution in [1.82, 2.24) is 0 Å². The Kier molecular flexibility index (Phi) is 8.93. The number of hydrogen-bond acceptors (Lipinski definition) is 2. The Morgan fingerprint density at radius 3 is 1.39 bits per heavy atom. The van der Waals surface area contributed by atoms with Gasteiger partial charge < -0.3 is 50.8 Å². The third-order valence-electron chi connectivity index (χ3n) is 5.66. The molecule has 4 aromatic carbocycles. The molecule has 0 radical (unpaired) electrons. The number of rotatable bonds is 4. The largest absolute Gasteiger partial charge is 0.644 e. The number of hydrogen-bond donors (Lipinski definition) is 0. The molecule has 0 aromatic heterocycles. The zero-order valence-corrected chi connectivity index (χ0v) is 21.2. The first kappa shape index (κ1) is 26.3. The predicted molar refractivity (Wildman–Crippen MR) is 132 cm³/mol. The van der Waals surface area contributed by atoms with Gasteiger partial charge in [0.1, 0.15) is 5.78 Å². The van der Waals surface area contributed by atoms with E-state index in [1.54, 1.807) is 0 Å². The fourth-order valence-electron chi connectivity index (χ4n) is 4.42. The summed E-state index contributed by atoms with van der Waals surface area (Å²) < 4.78 is 0. The summed E-state index contributed by atoms with van der Waals surface area (Å²) in [7, 11) is 0. The van der Waals surface area contributed by atoms with E-state index in [9.17, 15) is 9.59 Å². The van der Waals surface area contributed by atoms with Crippen molar-refractivity contribution in [3.8, 4) is 0 Å². The van der Waals surface area contributed by atoms with Crippen molar-refractivity contribution < 1.29 is 26.7 Å². The molecule has 0 amide bonds. The topological polar surface area (TPSA) is 34.1 Å². The van der Waals surface area contributed by atoms with Crippen LogP contribution in [0.2, 0.25) is 0 Å². The van der Waals surface area contributed by atoms with Crippen molar-refractivity contribution in [3.05, 3.63) is 128 Å². The molecule has 0 fully saturated rings. The Balaban J connectivity index is 0.000000227. The quantitative estimate of drug-likeness (QED) is 0.178. The monoisotopic (exact) mass is 478 g/mol. The van der Waals surface area contributed by atoms with E-state index in [0.717, 1.165) is 44.5 Å². The van der Waals surface area contributed by atoms with Gasteiger partial charge in [0, 0.05) is 17.1 Å². The van der Waals surface area contributed by atoms with Gasteiger partial charge in [-0.3, -0.25) is 0 Å². The number of carbonyl (C=O) groups excluding carboxylic acids is 2. The zero-order chi connectivity index (χ0) is 23.4. The minimum absolute atomic E-state index is 0. The van der Waals surface area contributed by atoms with Crippen LogP contribution >= 0.6 is 0 Å². The molecule has 0 spiro atoms. The van der Waals surface area contributed by atoms with Gasteiger partial charge in [-0.15, -0.1) is 12.1 Å². The van der Waals surface area contributed by atoms with Crippen molar-refractivity contribution in [1.29, 1.82) is 0 Å². The first-order chi connectivity index (χ1) is 15.2. The van der Waals surface area contributed by atoms with Crippen LogP contribution in [-0.4, -0.2) is 11.6 Å². The van der Waals surface area contributed by atoms with Gasteiger partial charge in [-0.25, -0.2) is 0 Å². The molecule has 176 valence electrons. The van der Waals surface area contributed by atoms with Crippen LogP contribution in [0, 0.1) is 41.5 Å². The van der Waals surface area contributed by atoms with E-state index >= 15 is 0 Å². The minimum Gasteiger partial charge on any atom is -0.644 e. The van der Waals surface area contributed by atoms with Gasteiger partial charge in [-0.1, -0.05) is 65.9 Å². The van der Waals surface area contributed by atoms with E-state index in [-0.39, 0.29) is 28.6 Å². The third-order valence-corrected chi connectivity index (χ3v) is 5.66. The van der Waals surface area contributed by atoms with E-state index in [2.05, 4.69) is 38.1 Å². The zero-order valence-electron chi connectivity index (χ0n) is 20.1.